The van der Waals surface area contributed by atoms with E-state index in [2.05, 4.69) is 27.8 Å². The maximum atomic E-state index is 17.5. The standard InChI is InChI=1S/C36H40F2N8O5S.C2H4O2/c1-18(49-2)11-44-12-20-3-4-21(13-44)46(20)35-29-24-17-50-16-23(24)27(31-28-22(9-39)34(40)52-33(28)25(37)10-41-31)30(38)32(29)42-36(43-35)51-15-19-5-7-45(8-6-19)26(48)14-47;1-2(3)4/h10,18-21,47H,3-8,11-17,40H2,1-2H3;1H3,(H,3,4). The lowest BCUT2D eigenvalue weighted by molar-refractivity contribution is -0.136. The predicted molar refractivity (Wildman–Crippen MR) is 203 cm³/mol. The molecule has 0 saturated carbocycles. The Morgan fingerprint density at radius 1 is 1.12 bits per heavy atom. The van der Waals surface area contributed by atoms with Crippen LogP contribution in [0.3, 0.4) is 0 Å². The molecule has 3 fully saturated rings. The van der Waals surface area contributed by atoms with Crippen LogP contribution >= 0.6 is 11.3 Å². The molecule has 1 amide bonds. The number of aliphatic hydroxyl groups is 1. The highest BCUT2D eigenvalue weighted by Crippen LogP contribution is 2.48. The van der Waals surface area contributed by atoms with Crippen molar-refractivity contribution in [3.05, 3.63) is 34.5 Å². The summed E-state index contributed by atoms with van der Waals surface area (Å²) in [6, 6.07) is 2.33. The molecule has 0 spiro atoms. The number of hydrogen-bond donors (Lipinski definition) is 3. The largest absolute Gasteiger partial charge is 0.481 e. The number of benzene rings is 1. The van der Waals surface area contributed by atoms with Crippen LogP contribution in [0, 0.1) is 28.9 Å². The van der Waals surface area contributed by atoms with E-state index in [1.54, 1.807) is 12.0 Å². The first-order valence-corrected chi connectivity index (χ1v) is 19.4. The van der Waals surface area contributed by atoms with Crippen molar-refractivity contribution in [1.82, 2.24) is 24.8 Å². The van der Waals surface area contributed by atoms with Crippen molar-refractivity contribution in [2.75, 3.05) is 63.7 Å². The Labute approximate surface area is 325 Å². The van der Waals surface area contributed by atoms with E-state index in [1.165, 1.54) is 0 Å². The number of carbonyl (C=O) groups is 2. The highest BCUT2D eigenvalue weighted by atomic mass is 32.1. The first-order chi connectivity index (χ1) is 26.9. The first-order valence-electron chi connectivity index (χ1n) is 18.6. The Bertz CT molecular complexity index is 2190. The van der Waals surface area contributed by atoms with E-state index in [1.807, 2.05) is 0 Å². The summed E-state index contributed by atoms with van der Waals surface area (Å²) in [5.74, 6) is -1.76. The maximum Gasteiger partial charge on any atom is 0.319 e. The summed E-state index contributed by atoms with van der Waals surface area (Å²) in [5, 5.41) is 27.5. The number of carboxylic acid groups (broad SMARTS) is 1. The molecule has 0 radical (unpaired) electrons. The summed E-state index contributed by atoms with van der Waals surface area (Å²) in [6.45, 7) is 6.57. The third-order valence-corrected chi connectivity index (χ3v) is 12.1. The third kappa shape index (κ3) is 7.41. The molecule has 4 N–H and O–H groups in total. The van der Waals surface area contributed by atoms with Crippen molar-refractivity contribution in [2.24, 2.45) is 5.92 Å². The number of piperidine rings is 1. The number of piperazine rings is 1. The number of aliphatic hydroxyl groups excluding tert-OH is 1. The van der Waals surface area contributed by atoms with Crippen molar-refractivity contribution < 1.29 is 42.8 Å². The van der Waals surface area contributed by atoms with Crippen LogP contribution in [0.25, 0.3) is 32.2 Å². The first kappa shape index (κ1) is 39.4. The van der Waals surface area contributed by atoms with Gasteiger partial charge in [0.2, 0.25) is 5.91 Å². The monoisotopic (exact) mass is 794 g/mol. The van der Waals surface area contributed by atoms with Crippen LogP contribution < -0.4 is 15.4 Å². The number of amides is 1. The minimum atomic E-state index is -0.833. The van der Waals surface area contributed by atoms with Crippen LogP contribution in [0.5, 0.6) is 6.01 Å². The van der Waals surface area contributed by atoms with Crippen molar-refractivity contribution >= 4 is 55.0 Å². The lowest BCUT2D eigenvalue weighted by atomic mass is 9.93. The number of carbonyl (C=O) groups excluding carboxylic acids is 1. The Morgan fingerprint density at radius 2 is 1.80 bits per heavy atom. The summed E-state index contributed by atoms with van der Waals surface area (Å²) >= 11 is 0.929. The molecule has 2 bridgehead atoms. The fraction of sp³-hybridized carbons (Fsp3) is 0.526. The number of fused-ring (bicyclic) bond motifs is 6. The number of nitrogen functional groups attached to an aromatic ring is 1. The van der Waals surface area contributed by atoms with Gasteiger partial charge < -0.3 is 40.0 Å². The minimum Gasteiger partial charge on any atom is -0.481 e. The molecular weight excluding hydrogens is 751 g/mol. The molecule has 8 rings (SSSR count). The lowest BCUT2D eigenvalue weighted by Gasteiger charge is -2.43. The average molecular weight is 795 g/mol. The Balaban J connectivity index is 0.00000115. The lowest BCUT2D eigenvalue weighted by Crippen LogP contribution is -2.55. The number of halogens is 2. The van der Waals surface area contributed by atoms with Crippen molar-refractivity contribution in [2.45, 2.75) is 70.9 Å². The van der Waals surface area contributed by atoms with Gasteiger partial charge in [0.15, 0.2) is 11.6 Å². The number of aromatic nitrogens is 3. The Kier molecular flexibility index (Phi) is 11.5. The zero-order valence-electron chi connectivity index (χ0n) is 31.4. The van der Waals surface area contributed by atoms with Gasteiger partial charge in [-0.3, -0.25) is 19.5 Å². The number of aliphatic carboxylic acids is 1. The molecule has 15 nitrogen and oxygen atoms in total. The smallest absolute Gasteiger partial charge is 0.319 e. The molecule has 1 aromatic carbocycles. The number of likely N-dealkylation sites (tertiary alicyclic amines) is 2. The van der Waals surface area contributed by atoms with Gasteiger partial charge >= 0.3 is 6.01 Å². The van der Waals surface area contributed by atoms with E-state index in [0.717, 1.165) is 62.5 Å². The molecule has 298 valence electrons. The van der Waals surface area contributed by atoms with Crippen LogP contribution in [0.2, 0.25) is 0 Å². The van der Waals surface area contributed by atoms with E-state index in [9.17, 15) is 15.2 Å². The number of nitrogens with two attached hydrogens (primary N) is 1. The molecule has 4 aromatic rings. The van der Waals surface area contributed by atoms with Gasteiger partial charge in [-0.25, -0.2) is 8.78 Å². The number of thiophene rings is 1. The van der Waals surface area contributed by atoms with Gasteiger partial charge in [0.25, 0.3) is 5.97 Å². The summed E-state index contributed by atoms with van der Waals surface area (Å²) in [7, 11) is 1.72. The van der Waals surface area contributed by atoms with Crippen LogP contribution in [0.1, 0.15) is 56.2 Å². The number of ether oxygens (including phenoxy) is 3. The average Bonchev–Trinajstić information content (AvgIpc) is 3.87. The van der Waals surface area contributed by atoms with Crippen molar-refractivity contribution in [3.63, 3.8) is 0 Å². The zero-order chi connectivity index (χ0) is 39.8. The van der Waals surface area contributed by atoms with E-state index >= 15 is 8.78 Å². The summed E-state index contributed by atoms with van der Waals surface area (Å²) in [6.07, 6.45) is 4.36. The molecule has 7 heterocycles. The number of hydrogen-bond acceptors (Lipinski definition) is 14. The Morgan fingerprint density at radius 3 is 2.45 bits per heavy atom. The van der Waals surface area contributed by atoms with E-state index in [0.29, 0.717) is 42.7 Å². The second-order valence-corrected chi connectivity index (χ2v) is 15.7. The zero-order valence-corrected chi connectivity index (χ0v) is 32.2. The van der Waals surface area contributed by atoms with E-state index in [-0.39, 0.29) is 93.3 Å². The number of pyridine rings is 1. The summed E-state index contributed by atoms with van der Waals surface area (Å²) < 4.78 is 50.5. The molecule has 18 heteroatoms. The summed E-state index contributed by atoms with van der Waals surface area (Å²) in [4.78, 5) is 41.5. The summed E-state index contributed by atoms with van der Waals surface area (Å²) in [5.41, 5.74) is 7.71. The van der Waals surface area contributed by atoms with E-state index < -0.39 is 24.2 Å². The van der Waals surface area contributed by atoms with Gasteiger partial charge in [0.1, 0.15) is 29.0 Å². The van der Waals surface area contributed by atoms with Gasteiger partial charge in [0.05, 0.1) is 53.5 Å². The van der Waals surface area contributed by atoms with E-state index in [4.69, 9.17) is 39.8 Å². The number of methoxy groups -OCH3 is 1. The molecular formula is C38H44F2N8O7S. The highest BCUT2D eigenvalue weighted by Gasteiger charge is 2.43. The van der Waals surface area contributed by atoms with Crippen molar-refractivity contribution in [1.29, 1.82) is 5.26 Å². The second-order valence-electron chi connectivity index (χ2n) is 14.7. The molecule has 4 aliphatic rings. The molecule has 3 atom stereocenters. The molecule has 0 aliphatic carbocycles. The van der Waals surface area contributed by atoms with Crippen LogP contribution in [-0.2, 0) is 32.3 Å². The molecule has 4 aliphatic heterocycles. The van der Waals surface area contributed by atoms with Crippen LogP contribution in [-0.4, -0.2) is 118 Å². The van der Waals surface area contributed by atoms with Gasteiger partial charge in [-0.05, 0) is 49.7 Å². The Hall–Kier alpha value is -4.80. The fourth-order valence-electron chi connectivity index (χ4n) is 8.44. The molecule has 3 unspecified atom stereocenters. The number of rotatable bonds is 9. The quantitative estimate of drug-likeness (QED) is 0.219. The van der Waals surface area contributed by atoms with Gasteiger partial charge in [-0.1, -0.05) is 0 Å². The molecule has 3 aromatic heterocycles. The van der Waals surface area contributed by atoms with Gasteiger partial charge in [0, 0.05) is 69.8 Å². The predicted octanol–water partition coefficient (Wildman–Crippen LogP) is 4.06. The second kappa shape index (κ2) is 16.4. The topological polar surface area (TPSA) is 200 Å². The SMILES string of the molecule is CC(=O)O.COC(C)CN1CC2CCC(C1)N2c1nc(OCC2CCN(C(=O)CO)CC2)nc2c(F)c(-c3ncc(F)c4sc(N)c(C#N)c34)c3c(c12)COC3. The molecule has 56 heavy (non-hydrogen) atoms. The number of nitrogens with zero attached hydrogens (tertiary/aromatic N) is 7. The highest BCUT2D eigenvalue weighted by molar-refractivity contribution is 7.23. The number of anilines is 2. The number of nitriles is 1. The maximum absolute atomic E-state index is 17.5. The third-order valence-electron chi connectivity index (χ3n) is 11.1. The fourth-order valence-corrected chi connectivity index (χ4v) is 9.36. The van der Waals surface area contributed by atoms with Gasteiger partial charge in [-0.2, -0.15) is 15.2 Å². The van der Waals surface area contributed by atoms with Crippen LogP contribution in [0.15, 0.2) is 6.20 Å². The minimum absolute atomic E-state index is 0.0321. The van der Waals surface area contributed by atoms with Crippen molar-refractivity contribution in [3.8, 4) is 23.3 Å². The van der Waals surface area contributed by atoms with Gasteiger partial charge in [-0.15, -0.1) is 11.3 Å². The molecule has 3 saturated heterocycles. The normalized spacial score (nSPS) is 20.2. The number of carboxylic acids is 1. The van der Waals surface area contributed by atoms with Crippen LogP contribution in [0.4, 0.5) is 19.6 Å².